The number of amides is 1. The number of carbonyl (C=O) groups is 2. The van der Waals surface area contributed by atoms with Gasteiger partial charge in [0.1, 0.15) is 10.6 Å². The number of nitrogens with zero attached hydrogens (tertiary/aromatic N) is 1. The van der Waals surface area contributed by atoms with Crippen LogP contribution in [0, 0.1) is 6.92 Å². The molecule has 1 atom stereocenters. The SMILES string of the molecule is CNc1snc(C)c1C(=O)OC(C)C(=O)Nc1ccc(S(=O)(=O)NC(C)C)cc1. The number of rotatable bonds is 8. The Morgan fingerprint density at radius 3 is 2.31 bits per heavy atom. The molecule has 3 N–H and O–H groups in total. The number of ether oxygens (including phenoxy) is 1. The summed E-state index contributed by atoms with van der Waals surface area (Å²) in [7, 11) is -1.95. The predicted octanol–water partition coefficient (Wildman–Crippen LogP) is 2.36. The first-order valence-electron chi connectivity index (χ1n) is 8.83. The highest BCUT2D eigenvalue weighted by Gasteiger charge is 2.24. The van der Waals surface area contributed by atoms with Gasteiger partial charge in [-0.25, -0.2) is 17.9 Å². The van der Waals surface area contributed by atoms with Gasteiger partial charge in [-0.05, 0) is 63.5 Å². The molecule has 2 aromatic rings. The van der Waals surface area contributed by atoms with E-state index in [0.717, 1.165) is 11.5 Å². The van der Waals surface area contributed by atoms with Gasteiger partial charge in [0.05, 0.1) is 10.6 Å². The quantitative estimate of drug-likeness (QED) is 0.538. The highest BCUT2D eigenvalue weighted by molar-refractivity contribution is 7.89. The fourth-order valence-electron chi connectivity index (χ4n) is 2.39. The smallest absolute Gasteiger partial charge is 0.343 e. The second-order valence-corrected chi connectivity index (χ2v) is 9.05. The van der Waals surface area contributed by atoms with Gasteiger partial charge in [-0.1, -0.05) is 0 Å². The summed E-state index contributed by atoms with van der Waals surface area (Å²) in [6.45, 7) is 6.58. The van der Waals surface area contributed by atoms with Gasteiger partial charge in [0, 0.05) is 18.8 Å². The topological polar surface area (TPSA) is 126 Å². The lowest BCUT2D eigenvalue weighted by molar-refractivity contribution is -0.123. The Hall–Kier alpha value is -2.50. The molecule has 1 aromatic carbocycles. The molecule has 9 nitrogen and oxygen atoms in total. The molecule has 1 amide bonds. The van der Waals surface area contributed by atoms with Gasteiger partial charge in [0.2, 0.25) is 10.0 Å². The van der Waals surface area contributed by atoms with Crippen molar-refractivity contribution in [3.05, 3.63) is 35.5 Å². The molecular formula is C18H24N4O5S2. The minimum Gasteiger partial charge on any atom is -0.449 e. The molecule has 1 unspecified atom stereocenters. The molecule has 0 saturated carbocycles. The zero-order valence-corrected chi connectivity index (χ0v) is 18.4. The van der Waals surface area contributed by atoms with Crippen molar-refractivity contribution in [2.24, 2.45) is 0 Å². The number of aryl methyl sites for hydroxylation is 1. The van der Waals surface area contributed by atoms with Crippen LogP contribution in [-0.2, 0) is 19.6 Å². The number of sulfonamides is 1. The third-order valence-corrected chi connectivity index (χ3v) is 6.40. The summed E-state index contributed by atoms with van der Waals surface area (Å²) < 4.78 is 36.1. The highest BCUT2D eigenvalue weighted by atomic mass is 32.2. The van der Waals surface area contributed by atoms with Crippen molar-refractivity contribution < 1.29 is 22.7 Å². The Morgan fingerprint density at radius 1 is 1.14 bits per heavy atom. The van der Waals surface area contributed by atoms with Crippen LogP contribution in [0.4, 0.5) is 10.7 Å². The summed E-state index contributed by atoms with van der Waals surface area (Å²) >= 11 is 1.13. The van der Waals surface area contributed by atoms with Crippen LogP contribution in [0.1, 0.15) is 36.8 Å². The van der Waals surface area contributed by atoms with E-state index in [1.54, 1.807) is 27.8 Å². The summed E-state index contributed by atoms with van der Waals surface area (Å²) in [5.41, 5.74) is 1.19. The van der Waals surface area contributed by atoms with E-state index in [4.69, 9.17) is 4.74 Å². The third-order valence-electron chi connectivity index (χ3n) is 3.77. The van der Waals surface area contributed by atoms with Crippen molar-refractivity contribution in [2.45, 2.75) is 44.7 Å². The molecular weight excluding hydrogens is 416 g/mol. The maximum Gasteiger partial charge on any atom is 0.343 e. The Labute approximate surface area is 174 Å². The number of anilines is 2. The van der Waals surface area contributed by atoms with Crippen molar-refractivity contribution in [3.63, 3.8) is 0 Å². The minimum absolute atomic E-state index is 0.0868. The molecule has 0 fully saturated rings. The fraction of sp³-hybridized carbons (Fsp3) is 0.389. The largest absolute Gasteiger partial charge is 0.449 e. The molecule has 11 heteroatoms. The zero-order valence-electron chi connectivity index (χ0n) is 16.8. The molecule has 0 bridgehead atoms. The average Bonchev–Trinajstić information content (AvgIpc) is 3.01. The van der Waals surface area contributed by atoms with Crippen LogP contribution in [0.5, 0.6) is 0 Å². The molecule has 1 heterocycles. The van der Waals surface area contributed by atoms with Crippen molar-refractivity contribution in [2.75, 3.05) is 17.7 Å². The first-order chi connectivity index (χ1) is 13.5. The van der Waals surface area contributed by atoms with E-state index >= 15 is 0 Å². The molecule has 158 valence electrons. The van der Waals surface area contributed by atoms with E-state index in [0.29, 0.717) is 21.9 Å². The van der Waals surface area contributed by atoms with Crippen molar-refractivity contribution in [1.29, 1.82) is 0 Å². The molecule has 0 spiro atoms. The van der Waals surface area contributed by atoms with Crippen molar-refractivity contribution in [1.82, 2.24) is 9.10 Å². The molecule has 2 rings (SSSR count). The van der Waals surface area contributed by atoms with Crippen LogP contribution in [-0.4, -0.2) is 43.9 Å². The van der Waals surface area contributed by atoms with E-state index in [1.807, 2.05) is 0 Å². The molecule has 0 saturated heterocycles. The standard InChI is InChI=1S/C18H24N4O5S2/c1-10(2)22-29(25,26)14-8-6-13(7-9-14)20-16(23)12(4)27-18(24)15-11(3)21-28-17(15)19-5/h6-10,12,19,22H,1-5H3,(H,20,23). The molecule has 1 aromatic heterocycles. The Kier molecular flexibility index (Phi) is 7.33. The van der Waals surface area contributed by atoms with E-state index < -0.39 is 28.0 Å². The van der Waals surface area contributed by atoms with Crippen molar-refractivity contribution in [3.8, 4) is 0 Å². The van der Waals surface area contributed by atoms with Crippen LogP contribution >= 0.6 is 11.5 Å². The number of hydrogen-bond donors (Lipinski definition) is 3. The van der Waals surface area contributed by atoms with Gasteiger partial charge in [-0.2, -0.15) is 4.37 Å². The van der Waals surface area contributed by atoms with Crippen LogP contribution < -0.4 is 15.4 Å². The number of hydrogen-bond acceptors (Lipinski definition) is 8. The molecule has 0 radical (unpaired) electrons. The van der Waals surface area contributed by atoms with E-state index in [1.165, 1.54) is 31.2 Å². The minimum atomic E-state index is -3.62. The monoisotopic (exact) mass is 440 g/mol. The Morgan fingerprint density at radius 2 is 1.76 bits per heavy atom. The summed E-state index contributed by atoms with van der Waals surface area (Å²) in [6, 6.07) is 5.47. The normalized spacial score (nSPS) is 12.5. The maximum absolute atomic E-state index is 12.4. The van der Waals surface area contributed by atoms with Crippen molar-refractivity contribution >= 4 is 44.1 Å². The van der Waals surface area contributed by atoms with Crippen LogP contribution in [0.15, 0.2) is 29.2 Å². The summed E-state index contributed by atoms with van der Waals surface area (Å²) in [4.78, 5) is 24.8. The second-order valence-electron chi connectivity index (χ2n) is 6.56. The number of benzene rings is 1. The molecule has 29 heavy (non-hydrogen) atoms. The van der Waals surface area contributed by atoms with Gasteiger partial charge < -0.3 is 15.4 Å². The first-order valence-corrected chi connectivity index (χ1v) is 11.1. The zero-order chi connectivity index (χ0) is 21.8. The number of aromatic nitrogens is 1. The van der Waals surface area contributed by atoms with Gasteiger partial charge in [-0.15, -0.1) is 0 Å². The lowest BCUT2D eigenvalue weighted by Crippen LogP contribution is -2.31. The lowest BCUT2D eigenvalue weighted by Gasteiger charge is -2.14. The first kappa shape index (κ1) is 22.8. The summed E-state index contributed by atoms with van der Waals surface area (Å²) in [5, 5.41) is 6.03. The van der Waals surface area contributed by atoms with Crippen LogP contribution in [0.3, 0.4) is 0 Å². The fourth-order valence-corrected chi connectivity index (χ4v) is 4.38. The molecule has 0 aliphatic rings. The van der Waals surface area contributed by atoms with E-state index in [-0.39, 0.29) is 10.9 Å². The van der Waals surface area contributed by atoms with Crippen LogP contribution in [0.2, 0.25) is 0 Å². The van der Waals surface area contributed by atoms with Crippen LogP contribution in [0.25, 0.3) is 0 Å². The summed E-state index contributed by atoms with van der Waals surface area (Å²) in [5.74, 6) is -1.19. The third kappa shape index (κ3) is 5.75. The molecule has 0 aliphatic heterocycles. The van der Waals surface area contributed by atoms with E-state index in [9.17, 15) is 18.0 Å². The summed E-state index contributed by atoms with van der Waals surface area (Å²) in [6.07, 6.45) is -1.06. The van der Waals surface area contributed by atoms with Gasteiger partial charge >= 0.3 is 5.97 Å². The van der Waals surface area contributed by atoms with Gasteiger partial charge in [0.25, 0.3) is 5.91 Å². The predicted molar refractivity (Wildman–Crippen MR) is 112 cm³/mol. The number of nitrogens with one attached hydrogen (secondary N) is 3. The van der Waals surface area contributed by atoms with Gasteiger partial charge in [0.15, 0.2) is 6.10 Å². The highest BCUT2D eigenvalue weighted by Crippen LogP contribution is 2.25. The maximum atomic E-state index is 12.4. The Balaban J connectivity index is 2.02. The Bertz CT molecular complexity index is 984. The lowest BCUT2D eigenvalue weighted by atomic mass is 10.2. The molecule has 0 aliphatic carbocycles. The number of esters is 1. The number of carbonyl (C=O) groups excluding carboxylic acids is 2. The second kappa shape index (κ2) is 9.33. The average molecular weight is 441 g/mol. The van der Waals surface area contributed by atoms with Gasteiger partial charge in [-0.3, -0.25) is 4.79 Å². The van der Waals surface area contributed by atoms with E-state index in [2.05, 4.69) is 19.7 Å².